The highest BCUT2D eigenvalue weighted by atomic mass is 79.9. The molecule has 3 N–H and O–H groups in total. The van der Waals surface area contributed by atoms with Crippen LogP contribution in [0.4, 0.5) is 4.39 Å². The molecule has 1 aromatic carbocycles. The maximum absolute atomic E-state index is 13.0. The molecule has 1 aliphatic rings. The van der Waals surface area contributed by atoms with Crippen LogP contribution in [0.1, 0.15) is 19.8 Å². The Hall–Kier alpha value is -1.93. The average molecular weight is 429 g/mol. The van der Waals surface area contributed by atoms with Crippen LogP contribution in [0, 0.1) is 11.7 Å². The minimum atomic E-state index is -0.715. The molecule has 26 heavy (non-hydrogen) atoms. The third-order valence-electron chi connectivity index (χ3n) is 3.97. The number of benzene rings is 1. The molecular formula is C18H22BrFN2O4. The van der Waals surface area contributed by atoms with Crippen LogP contribution in [0.2, 0.25) is 0 Å². The summed E-state index contributed by atoms with van der Waals surface area (Å²) in [6, 6.07) is 3.95. The molecule has 0 unspecified atom stereocenters. The van der Waals surface area contributed by atoms with Crippen LogP contribution in [-0.2, 0) is 9.59 Å². The predicted octanol–water partition coefficient (Wildman–Crippen LogP) is 1.92. The van der Waals surface area contributed by atoms with E-state index >= 15 is 0 Å². The Morgan fingerprint density at radius 2 is 2.00 bits per heavy atom. The van der Waals surface area contributed by atoms with Crippen molar-refractivity contribution in [3.63, 3.8) is 0 Å². The molecule has 1 saturated carbocycles. The molecule has 1 aliphatic carbocycles. The van der Waals surface area contributed by atoms with Gasteiger partial charge in [0.05, 0.1) is 10.1 Å². The zero-order valence-electron chi connectivity index (χ0n) is 14.4. The predicted molar refractivity (Wildman–Crippen MR) is 98.1 cm³/mol. The number of ether oxygens (including phenoxy) is 1. The van der Waals surface area contributed by atoms with Crippen LogP contribution in [0.25, 0.3) is 0 Å². The Bertz CT molecular complexity index is 686. The fraction of sp³-hybridized carbons (Fsp3) is 0.444. The van der Waals surface area contributed by atoms with Crippen molar-refractivity contribution >= 4 is 27.7 Å². The van der Waals surface area contributed by atoms with Gasteiger partial charge in [0.25, 0.3) is 5.91 Å². The molecule has 6 nitrogen and oxygen atoms in total. The van der Waals surface area contributed by atoms with Crippen molar-refractivity contribution in [2.75, 3.05) is 19.7 Å². The highest BCUT2D eigenvalue weighted by Gasteiger charge is 2.42. The lowest BCUT2D eigenvalue weighted by Crippen LogP contribution is -2.48. The summed E-state index contributed by atoms with van der Waals surface area (Å²) in [6.07, 6.45) is 4.45. The quantitative estimate of drug-likeness (QED) is 0.551. The molecule has 0 radical (unpaired) electrons. The lowest BCUT2D eigenvalue weighted by molar-refractivity contribution is -0.138. The number of carbonyl (C=O) groups excluding carboxylic acids is 2. The van der Waals surface area contributed by atoms with Gasteiger partial charge < -0.3 is 20.5 Å². The molecule has 1 aromatic rings. The molecule has 2 amide bonds. The second kappa shape index (κ2) is 9.14. The van der Waals surface area contributed by atoms with Gasteiger partial charge >= 0.3 is 0 Å². The van der Waals surface area contributed by atoms with E-state index in [-0.39, 0.29) is 24.3 Å². The van der Waals surface area contributed by atoms with Crippen molar-refractivity contribution < 1.29 is 23.8 Å². The van der Waals surface area contributed by atoms with E-state index in [2.05, 4.69) is 26.6 Å². The number of hydrogen-bond donors (Lipinski definition) is 3. The SMILES string of the molecule is CC1(O)CC(C(=O)NC/C=C\CNC(=O)COc2ccc(F)cc2Br)C1. The fourth-order valence-corrected chi connectivity index (χ4v) is 3.08. The molecular weight excluding hydrogens is 407 g/mol. The molecule has 2 rings (SSSR count). The molecule has 0 heterocycles. The number of hydrogen-bond acceptors (Lipinski definition) is 4. The first-order chi connectivity index (χ1) is 12.3. The fourth-order valence-electron chi connectivity index (χ4n) is 2.62. The van der Waals surface area contributed by atoms with Crippen molar-refractivity contribution in [1.29, 1.82) is 0 Å². The number of carbonyl (C=O) groups is 2. The molecule has 0 spiro atoms. The second-order valence-electron chi connectivity index (χ2n) is 6.49. The molecule has 0 atom stereocenters. The van der Waals surface area contributed by atoms with E-state index in [0.717, 1.165) is 0 Å². The van der Waals surface area contributed by atoms with Crippen molar-refractivity contribution in [3.05, 3.63) is 40.6 Å². The molecule has 0 aromatic heterocycles. The summed E-state index contributed by atoms with van der Waals surface area (Å²) in [7, 11) is 0. The van der Waals surface area contributed by atoms with Crippen molar-refractivity contribution in [1.82, 2.24) is 10.6 Å². The topological polar surface area (TPSA) is 87.7 Å². The van der Waals surface area contributed by atoms with Gasteiger partial charge in [0.1, 0.15) is 11.6 Å². The first-order valence-electron chi connectivity index (χ1n) is 8.26. The Balaban J connectivity index is 1.56. The Labute approximate surface area is 159 Å². The Morgan fingerprint density at radius 1 is 1.35 bits per heavy atom. The minimum absolute atomic E-state index is 0.0662. The highest BCUT2D eigenvalue weighted by Crippen LogP contribution is 2.37. The summed E-state index contributed by atoms with van der Waals surface area (Å²) in [4.78, 5) is 23.4. The standard InChI is InChI=1S/C18H22BrFN2O4/c1-18(25)9-12(10-18)17(24)22-7-3-2-6-21-16(23)11-26-15-5-4-13(20)8-14(15)19/h2-5,8,12,25H,6-7,9-11H2,1H3,(H,21,23)(H,22,24)/b3-2-. The molecule has 8 heteroatoms. The number of amides is 2. The summed E-state index contributed by atoms with van der Waals surface area (Å²) in [5.41, 5.74) is -0.715. The first-order valence-corrected chi connectivity index (χ1v) is 9.06. The number of aliphatic hydroxyl groups is 1. The van der Waals surface area contributed by atoms with Gasteiger partial charge in [0, 0.05) is 19.0 Å². The van der Waals surface area contributed by atoms with Crippen LogP contribution < -0.4 is 15.4 Å². The van der Waals surface area contributed by atoms with E-state index < -0.39 is 11.4 Å². The van der Waals surface area contributed by atoms with Gasteiger partial charge in [-0.2, -0.15) is 0 Å². The zero-order valence-corrected chi connectivity index (χ0v) is 16.0. The smallest absolute Gasteiger partial charge is 0.258 e. The van der Waals surface area contributed by atoms with Crippen molar-refractivity contribution in [2.24, 2.45) is 5.92 Å². The maximum Gasteiger partial charge on any atom is 0.258 e. The number of nitrogens with one attached hydrogen (secondary N) is 2. The van der Waals surface area contributed by atoms with E-state index in [1.54, 1.807) is 19.1 Å². The Morgan fingerprint density at radius 3 is 2.62 bits per heavy atom. The third kappa shape index (κ3) is 6.42. The van der Waals surface area contributed by atoms with E-state index in [1.807, 2.05) is 0 Å². The van der Waals surface area contributed by atoms with Crippen LogP contribution in [-0.4, -0.2) is 42.2 Å². The van der Waals surface area contributed by atoms with E-state index in [9.17, 15) is 19.1 Å². The second-order valence-corrected chi connectivity index (χ2v) is 7.34. The van der Waals surface area contributed by atoms with Crippen LogP contribution >= 0.6 is 15.9 Å². The monoisotopic (exact) mass is 428 g/mol. The van der Waals surface area contributed by atoms with E-state index in [4.69, 9.17) is 4.74 Å². The number of rotatable bonds is 8. The summed E-state index contributed by atoms with van der Waals surface area (Å²) in [5.74, 6) is -0.514. The van der Waals surface area contributed by atoms with Crippen molar-refractivity contribution in [3.8, 4) is 5.75 Å². The van der Waals surface area contributed by atoms with Crippen LogP contribution in [0.15, 0.2) is 34.8 Å². The number of halogens is 2. The zero-order chi connectivity index (χ0) is 19.2. The molecule has 0 saturated heterocycles. The van der Waals surface area contributed by atoms with Crippen LogP contribution in [0.5, 0.6) is 5.75 Å². The van der Waals surface area contributed by atoms with Gasteiger partial charge in [0.2, 0.25) is 5.91 Å². The summed E-state index contributed by atoms with van der Waals surface area (Å²) in [6.45, 7) is 2.21. The molecule has 0 bridgehead atoms. The van der Waals surface area contributed by atoms with Gasteiger partial charge in [-0.15, -0.1) is 0 Å². The van der Waals surface area contributed by atoms with Gasteiger partial charge in [-0.25, -0.2) is 4.39 Å². The normalized spacial score (nSPS) is 21.9. The molecule has 0 aliphatic heterocycles. The van der Waals surface area contributed by atoms with Gasteiger partial charge in [-0.1, -0.05) is 12.2 Å². The lowest BCUT2D eigenvalue weighted by atomic mass is 9.72. The van der Waals surface area contributed by atoms with Gasteiger partial charge in [0.15, 0.2) is 6.61 Å². The first kappa shape index (κ1) is 20.4. The lowest BCUT2D eigenvalue weighted by Gasteiger charge is -2.39. The Kier molecular flexibility index (Phi) is 7.16. The molecule has 1 fully saturated rings. The average Bonchev–Trinajstić information content (AvgIpc) is 2.54. The molecule has 142 valence electrons. The summed E-state index contributed by atoms with van der Waals surface area (Å²) in [5, 5.41) is 15.0. The van der Waals surface area contributed by atoms with E-state index in [0.29, 0.717) is 36.2 Å². The van der Waals surface area contributed by atoms with E-state index in [1.165, 1.54) is 18.2 Å². The van der Waals surface area contributed by atoms with Gasteiger partial charge in [-0.05, 0) is 53.9 Å². The largest absolute Gasteiger partial charge is 0.483 e. The summed E-state index contributed by atoms with van der Waals surface area (Å²) < 4.78 is 18.7. The maximum atomic E-state index is 13.0. The summed E-state index contributed by atoms with van der Waals surface area (Å²) >= 11 is 3.16. The van der Waals surface area contributed by atoms with Gasteiger partial charge in [-0.3, -0.25) is 9.59 Å². The van der Waals surface area contributed by atoms with Crippen LogP contribution in [0.3, 0.4) is 0 Å². The third-order valence-corrected chi connectivity index (χ3v) is 4.59. The highest BCUT2D eigenvalue weighted by molar-refractivity contribution is 9.10. The van der Waals surface area contributed by atoms with Crippen molar-refractivity contribution in [2.45, 2.75) is 25.4 Å². The minimum Gasteiger partial charge on any atom is -0.483 e.